The summed E-state index contributed by atoms with van der Waals surface area (Å²) in [5, 5.41) is 3.35. The maximum atomic E-state index is 5.22. The molecule has 0 saturated heterocycles. The number of aromatic nitrogens is 2. The van der Waals surface area contributed by atoms with Crippen LogP contribution in [0.15, 0.2) is 36.4 Å². The molecule has 0 fully saturated rings. The summed E-state index contributed by atoms with van der Waals surface area (Å²) in [5.41, 5.74) is 2.05. The third kappa shape index (κ3) is 4.26. The predicted octanol–water partition coefficient (Wildman–Crippen LogP) is 3.72. The summed E-state index contributed by atoms with van der Waals surface area (Å²) < 4.78 is 5.22. The van der Waals surface area contributed by atoms with Crippen LogP contribution in [0.25, 0.3) is 11.3 Å². The molecular formula is C17H23N3O. The van der Waals surface area contributed by atoms with Crippen LogP contribution in [0.5, 0.6) is 0 Å². The van der Waals surface area contributed by atoms with Crippen LogP contribution in [0.3, 0.4) is 0 Å². The number of methoxy groups -OCH3 is 1. The van der Waals surface area contributed by atoms with Crippen molar-refractivity contribution in [2.24, 2.45) is 0 Å². The van der Waals surface area contributed by atoms with E-state index in [-0.39, 0.29) is 5.92 Å². The molecule has 112 valence electrons. The number of hydrogen-bond acceptors (Lipinski definition) is 4. The highest BCUT2D eigenvalue weighted by atomic mass is 16.5. The lowest BCUT2D eigenvalue weighted by Gasteiger charge is -2.13. The van der Waals surface area contributed by atoms with Gasteiger partial charge >= 0.3 is 0 Å². The maximum Gasteiger partial charge on any atom is 0.136 e. The summed E-state index contributed by atoms with van der Waals surface area (Å²) in [6, 6.07) is 12.2. The zero-order valence-corrected chi connectivity index (χ0v) is 13.0. The highest BCUT2D eigenvalue weighted by Crippen LogP contribution is 2.22. The number of anilines is 1. The quantitative estimate of drug-likeness (QED) is 0.842. The highest BCUT2D eigenvalue weighted by molar-refractivity contribution is 5.62. The summed E-state index contributed by atoms with van der Waals surface area (Å²) in [4.78, 5) is 9.31. The van der Waals surface area contributed by atoms with Crippen molar-refractivity contribution in [3.05, 3.63) is 42.2 Å². The molecule has 1 aromatic heterocycles. The molecule has 0 spiro atoms. The van der Waals surface area contributed by atoms with Crippen molar-refractivity contribution in [1.29, 1.82) is 0 Å². The lowest BCUT2D eigenvalue weighted by atomic mass is 10.1. The lowest BCUT2D eigenvalue weighted by Crippen LogP contribution is -2.11. The summed E-state index contributed by atoms with van der Waals surface area (Å²) in [6.07, 6.45) is 1.06. The van der Waals surface area contributed by atoms with Gasteiger partial charge < -0.3 is 10.1 Å². The Kier molecular flexibility index (Phi) is 5.69. The average Bonchev–Trinajstić information content (AvgIpc) is 2.53. The summed E-state index contributed by atoms with van der Waals surface area (Å²) in [5.74, 6) is 1.86. The molecule has 21 heavy (non-hydrogen) atoms. The molecule has 4 nitrogen and oxygen atoms in total. The van der Waals surface area contributed by atoms with Crippen LogP contribution in [-0.4, -0.2) is 30.2 Å². The van der Waals surface area contributed by atoms with Gasteiger partial charge in [-0.1, -0.05) is 44.2 Å². The second kappa shape index (κ2) is 7.74. The minimum atomic E-state index is 0.167. The summed E-state index contributed by atoms with van der Waals surface area (Å²) in [7, 11) is 1.70. The Morgan fingerprint density at radius 1 is 1.19 bits per heavy atom. The van der Waals surface area contributed by atoms with Crippen molar-refractivity contribution >= 4 is 5.82 Å². The Hall–Kier alpha value is -1.94. The molecule has 1 atom stereocenters. The second-order valence-electron chi connectivity index (χ2n) is 5.15. The molecule has 2 rings (SSSR count). The first kappa shape index (κ1) is 15.4. The van der Waals surface area contributed by atoms with Crippen molar-refractivity contribution in [3.63, 3.8) is 0 Å². The number of hydrogen-bond donors (Lipinski definition) is 1. The molecule has 0 amide bonds. The number of rotatable bonds is 7. The van der Waals surface area contributed by atoms with Gasteiger partial charge in [0.15, 0.2) is 0 Å². The van der Waals surface area contributed by atoms with Crippen LogP contribution in [-0.2, 0) is 4.74 Å². The maximum absolute atomic E-state index is 5.22. The van der Waals surface area contributed by atoms with E-state index in [1.165, 1.54) is 0 Å². The molecule has 1 heterocycles. The number of nitrogens with zero attached hydrogens (tertiary/aromatic N) is 2. The van der Waals surface area contributed by atoms with Gasteiger partial charge in [-0.25, -0.2) is 9.97 Å². The topological polar surface area (TPSA) is 47.0 Å². The van der Waals surface area contributed by atoms with Crippen molar-refractivity contribution in [2.45, 2.75) is 26.2 Å². The van der Waals surface area contributed by atoms with Crippen molar-refractivity contribution < 1.29 is 4.74 Å². The van der Waals surface area contributed by atoms with Gasteiger partial charge in [0.05, 0.1) is 12.3 Å². The monoisotopic (exact) mass is 285 g/mol. The summed E-state index contributed by atoms with van der Waals surface area (Å²) >= 11 is 0. The Balaban J connectivity index is 2.37. The largest absolute Gasteiger partial charge is 0.384 e. The van der Waals surface area contributed by atoms with Gasteiger partial charge in [0.25, 0.3) is 0 Å². The minimum absolute atomic E-state index is 0.167. The van der Waals surface area contributed by atoms with Gasteiger partial charge in [-0.05, 0) is 6.42 Å². The Morgan fingerprint density at radius 3 is 2.62 bits per heavy atom. The van der Waals surface area contributed by atoms with Crippen LogP contribution in [0.2, 0.25) is 0 Å². The number of ether oxygens (including phenoxy) is 1. The first-order chi connectivity index (χ1) is 10.2. The second-order valence-corrected chi connectivity index (χ2v) is 5.15. The zero-order chi connectivity index (χ0) is 15.1. The van der Waals surface area contributed by atoms with E-state index in [9.17, 15) is 0 Å². The van der Waals surface area contributed by atoms with E-state index in [0.29, 0.717) is 6.61 Å². The molecule has 1 aromatic carbocycles. The van der Waals surface area contributed by atoms with Gasteiger partial charge in [0.1, 0.15) is 11.6 Å². The van der Waals surface area contributed by atoms with Crippen LogP contribution in [0.1, 0.15) is 32.0 Å². The van der Waals surface area contributed by atoms with Crippen LogP contribution in [0.4, 0.5) is 5.82 Å². The van der Waals surface area contributed by atoms with E-state index < -0.39 is 0 Å². The van der Waals surface area contributed by atoms with Crippen molar-refractivity contribution in [3.8, 4) is 11.3 Å². The lowest BCUT2D eigenvalue weighted by molar-refractivity contribution is 0.181. The molecule has 0 aliphatic carbocycles. The van der Waals surface area contributed by atoms with E-state index in [0.717, 1.165) is 35.9 Å². The van der Waals surface area contributed by atoms with E-state index in [4.69, 9.17) is 9.72 Å². The Bertz CT molecular complexity index is 557. The highest BCUT2D eigenvalue weighted by Gasteiger charge is 2.12. The van der Waals surface area contributed by atoms with E-state index >= 15 is 0 Å². The molecule has 4 heteroatoms. The van der Waals surface area contributed by atoms with E-state index in [2.05, 4.69) is 36.3 Å². The SMILES string of the molecule is CCCNc1cc(-c2ccccc2)nc(C(C)COC)n1. The molecule has 0 bridgehead atoms. The van der Waals surface area contributed by atoms with Crippen molar-refractivity contribution in [1.82, 2.24) is 9.97 Å². The van der Waals surface area contributed by atoms with Gasteiger partial charge in [-0.15, -0.1) is 0 Å². The van der Waals surface area contributed by atoms with E-state index in [1.807, 2.05) is 24.3 Å². The zero-order valence-electron chi connectivity index (χ0n) is 13.0. The summed E-state index contributed by atoms with van der Waals surface area (Å²) in [6.45, 7) is 5.74. The van der Waals surface area contributed by atoms with Gasteiger partial charge in [-0.2, -0.15) is 0 Å². The van der Waals surface area contributed by atoms with Gasteiger partial charge in [0, 0.05) is 31.2 Å². The fourth-order valence-corrected chi connectivity index (χ4v) is 2.11. The molecule has 1 N–H and O–H groups in total. The normalized spacial score (nSPS) is 12.1. The minimum Gasteiger partial charge on any atom is -0.384 e. The number of nitrogens with one attached hydrogen (secondary N) is 1. The third-order valence-corrected chi connectivity index (χ3v) is 3.23. The predicted molar refractivity (Wildman–Crippen MR) is 86.5 cm³/mol. The average molecular weight is 285 g/mol. The molecule has 1 unspecified atom stereocenters. The molecular weight excluding hydrogens is 262 g/mol. The van der Waals surface area contributed by atoms with Crippen molar-refractivity contribution in [2.75, 3.05) is 25.6 Å². The van der Waals surface area contributed by atoms with E-state index in [1.54, 1.807) is 7.11 Å². The number of benzene rings is 1. The molecule has 0 radical (unpaired) electrons. The smallest absolute Gasteiger partial charge is 0.136 e. The first-order valence-electron chi connectivity index (χ1n) is 7.41. The fraction of sp³-hybridized carbons (Fsp3) is 0.412. The Morgan fingerprint density at radius 2 is 1.95 bits per heavy atom. The first-order valence-corrected chi connectivity index (χ1v) is 7.41. The molecule has 2 aromatic rings. The fourth-order valence-electron chi connectivity index (χ4n) is 2.11. The molecule has 0 aliphatic rings. The third-order valence-electron chi connectivity index (χ3n) is 3.23. The molecule has 0 saturated carbocycles. The molecule has 0 aliphatic heterocycles. The Labute approximate surface area is 126 Å². The van der Waals surface area contributed by atoms with Gasteiger partial charge in [-0.3, -0.25) is 0 Å². The van der Waals surface area contributed by atoms with Gasteiger partial charge in [0.2, 0.25) is 0 Å². The standard InChI is InChI=1S/C17H23N3O/c1-4-10-18-16-11-15(14-8-6-5-7-9-14)19-17(20-16)13(2)12-21-3/h5-9,11,13H,4,10,12H2,1-3H3,(H,18,19,20). The van der Waals surface area contributed by atoms with Crippen LogP contribution in [0, 0.1) is 0 Å². The van der Waals surface area contributed by atoms with Crippen LogP contribution >= 0.6 is 0 Å². The van der Waals surface area contributed by atoms with Crippen LogP contribution < -0.4 is 5.32 Å².